The molecule has 2 N–H and O–H groups in total. The number of ether oxygens (including phenoxy) is 1. The van der Waals surface area contributed by atoms with Crippen LogP contribution in [0.4, 0.5) is 5.69 Å². The highest BCUT2D eigenvalue weighted by Gasteiger charge is 2.32. The van der Waals surface area contributed by atoms with Crippen molar-refractivity contribution in [2.45, 2.75) is 45.2 Å². The van der Waals surface area contributed by atoms with Gasteiger partial charge in [0, 0.05) is 18.9 Å². The third-order valence-electron chi connectivity index (χ3n) is 4.67. The van der Waals surface area contributed by atoms with Crippen LogP contribution in [0.1, 0.15) is 50.1 Å². The molecule has 10 heteroatoms. The number of nitrogens with zero attached hydrogens (tertiary/aromatic N) is 4. The van der Waals surface area contributed by atoms with Crippen LogP contribution < -0.4 is 10.6 Å². The number of anilines is 1. The van der Waals surface area contributed by atoms with E-state index in [4.69, 9.17) is 4.74 Å². The molecule has 2 aromatic heterocycles. The first-order chi connectivity index (χ1) is 12.9. The molecule has 1 fully saturated rings. The Bertz CT molecular complexity index is 810. The molecule has 1 aliphatic rings. The number of halogens is 1. The molecule has 1 saturated heterocycles. The Hall–Kier alpha value is -2.39. The number of hydrogen-bond acceptors (Lipinski definition) is 6. The normalized spacial score (nSPS) is 16.9. The van der Waals surface area contributed by atoms with Crippen molar-refractivity contribution in [2.75, 3.05) is 25.0 Å². The molecule has 28 heavy (non-hydrogen) atoms. The molecule has 154 valence electrons. The second kappa shape index (κ2) is 9.20. The summed E-state index contributed by atoms with van der Waals surface area (Å²) in [6.45, 7) is 7.36. The largest absolute Gasteiger partial charge is 0.464 e. The molecule has 9 nitrogen and oxygen atoms in total. The van der Waals surface area contributed by atoms with Gasteiger partial charge in [0.15, 0.2) is 11.2 Å². The van der Waals surface area contributed by atoms with E-state index in [1.807, 2.05) is 10.9 Å². The molecule has 1 atom stereocenters. The van der Waals surface area contributed by atoms with Crippen LogP contribution in [0.5, 0.6) is 0 Å². The summed E-state index contributed by atoms with van der Waals surface area (Å²) in [4.78, 5) is 24.6. The molecular weight excluding hydrogens is 384 g/mol. The van der Waals surface area contributed by atoms with Crippen LogP contribution in [0.15, 0.2) is 24.7 Å². The van der Waals surface area contributed by atoms with Gasteiger partial charge in [0.25, 0.3) is 5.91 Å². The molecule has 0 aromatic carbocycles. The van der Waals surface area contributed by atoms with E-state index in [2.05, 4.69) is 20.8 Å². The molecule has 0 saturated carbocycles. The van der Waals surface area contributed by atoms with Gasteiger partial charge in [0.2, 0.25) is 0 Å². The monoisotopic (exact) mass is 410 g/mol. The number of esters is 1. The van der Waals surface area contributed by atoms with Gasteiger partial charge in [-0.15, -0.1) is 12.4 Å². The fourth-order valence-electron chi connectivity index (χ4n) is 3.01. The highest BCUT2D eigenvalue weighted by Crippen LogP contribution is 2.20. The highest BCUT2D eigenvalue weighted by molar-refractivity contribution is 6.02. The Morgan fingerprint density at radius 3 is 2.89 bits per heavy atom. The second-order valence-electron chi connectivity index (χ2n) is 7.09. The number of nitrogens with one attached hydrogen (secondary N) is 2. The van der Waals surface area contributed by atoms with Gasteiger partial charge in [-0.05, 0) is 46.2 Å². The third-order valence-corrected chi connectivity index (χ3v) is 4.67. The molecule has 0 radical (unpaired) electrons. The lowest BCUT2D eigenvalue weighted by Gasteiger charge is -2.22. The molecule has 2 aromatic rings. The van der Waals surface area contributed by atoms with Crippen LogP contribution in [0.3, 0.4) is 0 Å². The van der Waals surface area contributed by atoms with Crippen molar-refractivity contribution in [2.24, 2.45) is 0 Å². The average molecular weight is 411 g/mol. The van der Waals surface area contributed by atoms with Crippen molar-refractivity contribution in [3.63, 3.8) is 0 Å². The number of amides is 1. The van der Waals surface area contributed by atoms with Crippen LogP contribution >= 0.6 is 12.4 Å². The maximum Gasteiger partial charge on any atom is 0.333 e. The number of rotatable bonds is 6. The molecule has 3 rings (SSSR count). The number of carbonyl (C=O) groups is 2. The predicted octanol–water partition coefficient (Wildman–Crippen LogP) is 1.98. The van der Waals surface area contributed by atoms with Crippen molar-refractivity contribution in [1.82, 2.24) is 24.9 Å². The highest BCUT2D eigenvalue weighted by atomic mass is 35.5. The molecule has 1 aliphatic heterocycles. The summed E-state index contributed by atoms with van der Waals surface area (Å²) in [6.07, 6.45) is 7.09. The van der Waals surface area contributed by atoms with Crippen LogP contribution in [0.2, 0.25) is 0 Å². The number of hydrogen-bond donors (Lipinski definition) is 2. The zero-order chi connectivity index (χ0) is 19.4. The first-order valence-corrected chi connectivity index (χ1v) is 9.21. The summed E-state index contributed by atoms with van der Waals surface area (Å²) in [6, 6.07) is 1.98. The third kappa shape index (κ3) is 4.71. The standard InChI is InChI=1S/C18H26N6O3.ClH/c1-4-27-17(26)18(2,3)24-12-13(10-20-24)21-16(25)15-7-9-23(22-15)14-6-5-8-19-11-14;/h7,9-10,12,14,19H,4-6,8,11H2,1-3H3,(H,21,25);1H. The summed E-state index contributed by atoms with van der Waals surface area (Å²) in [7, 11) is 0. The lowest BCUT2D eigenvalue weighted by Crippen LogP contribution is -2.37. The van der Waals surface area contributed by atoms with E-state index in [0.717, 1.165) is 25.9 Å². The maximum atomic E-state index is 12.5. The Kier molecular flexibility index (Phi) is 7.20. The van der Waals surface area contributed by atoms with Crippen LogP contribution in [-0.4, -0.2) is 51.1 Å². The Balaban J connectivity index is 0.00000280. The van der Waals surface area contributed by atoms with Crippen LogP contribution in [0.25, 0.3) is 0 Å². The van der Waals surface area contributed by atoms with Crippen LogP contribution in [0, 0.1) is 0 Å². The van der Waals surface area contributed by atoms with Gasteiger partial charge < -0.3 is 15.4 Å². The SMILES string of the molecule is CCOC(=O)C(C)(C)n1cc(NC(=O)c2ccn(C3CCCNC3)n2)cn1.Cl. The second-order valence-corrected chi connectivity index (χ2v) is 7.09. The van der Waals surface area contributed by atoms with Crippen molar-refractivity contribution in [3.05, 3.63) is 30.4 Å². The van der Waals surface area contributed by atoms with E-state index in [0.29, 0.717) is 18.0 Å². The number of aromatic nitrogens is 4. The van der Waals surface area contributed by atoms with Gasteiger partial charge in [-0.2, -0.15) is 10.2 Å². The van der Waals surface area contributed by atoms with Crippen molar-refractivity contribution >= 4 is 30.0 Å². The van der Waals surface area contributed by atoms with Gasteiger partial charge >= 0.3 is 5.97 Å². The van der Waals surface area contributed by atoms with Gasteiger partial charge in [0.05, 0.1) is 24.5 Å². The Labute approximate surface area is 170 Å². The Morgan fingerprint density at radius 2 is 2.21 bits per heavy atom. The predicted molar refractivity (Wildman–Crippen MR) is 107 cm³/mol. The summed E-state index contributed by atoms with van der Waals surface area (Å²) in [5.74, 6) is -0.697. The van der Waals surface area contributed by atoms with Crippen LogP contribution in [-0.2, 0) is 15.1 Å². The number of piperidine rings is 1. The van der Waals surface area contributed by atoms with Gasteiger partial charge in [-0.3, -0.25) is 14.2 Å². The lowest BCUT2D eigenvalue weighted by atomic mass is 10.1. The number of carbonyl (C=O) groups excluding carboxylic acids is 2. The van der Waals surface area contributed by atoms with Crippen molar-refractivity contribution in [3.8, 4) is 0 Å². The molecule has 1 unspecified atom stereocenters. The van der Waals surface area contributed by atoms with E-state index in [1.165, 1.54) is 10.9 Å². The molecule has 3 heterocycles. The minimum atomic E-state index is -0.964. The molecule has 0 aliphatic carbocycles. The lowest BCUT2D eigenvalue weighted by molar-refractivity contribution is -0.152. The molecule has 1 amide bonds. The smallest absolute Gasteiger partial charge is 0.333 e. The van der Waals surface area contributed by atoms with Crippen molar-refractivity contribution < 1.29 is 14.3 Å². The molecule has 0 spiro atoms. The summed E-state index contributed by atoms with van der Waals surface area (Å²) < 4.78 is 8.40. The van der Waals surface area contributed by atoms with Gasteiger partial charge in [-0.25, -0.2) is 4.79 Å². The molecule has 0 bridgehead atoms. The Morgan fingerprint density at radius 1 is 1.43 bits per heavy atom. The first kappa shape index (κ1) is 21.9. The zero-order valence-corrected chi connectivity index (χ0v) is 17.2. The average Bonchev–Trinajstić information content (AvgIpc) is 3.32. The summed E-state index contributed by atoms with van der Waals surface area (Å²) in [5.41, 5.74) is -0.126. The minimum absolute atomic E-state index is 0. The summed E-state index contributed by atoms with van der Waals surface area (Å²) >= 11 is 0. The first-order valence-electron chi connectivity index (χ1n) is 9.21. The van der Waals surface area contributed by atoms with Gasteiger partial charge in [0.1, 0.15) is 0 Å². The fourth-order valence-corrected chi connectivity index (χ4v) is 3.01. The quantitative estimate of drug-likeness (QED) is 0.706. The van der Waals surface area contributed by atoms with E-state index in [1.54, 1.807) is 33.0 Å². The van der Waals surface area contributed by atoms with Gasteiger partial charge in [-0.1, -0.05) is 0 Å². The molecular formula is C18H27ClN6O3. The topological polar surface area (TPSA) is 103 Å². The van der Waals surface area contributed by atoms with E-state index in [-0.39, 0.29) is 30.3 Å². The van der Waals surface area contributed by atoms with E-state index < -0.39 is 5.54 Å². The fraction of sp³-hybridized carbons (Fsp3) is 0.556. The van der Waals surface area contributed by atoms with Crippen molar-refractivity contribution in [1.29, 1.82) is 0 Å². The van der Waals surface area contributed by atoms with E-state index in [9.17, 15) is 9.59 Å². The minimum Gasteiger partial charge on any atom is -0.464 e. The summed E-state index contributed by atoms with van der Waals surface area (Å²) in [5, 5.41) is 14.7. The zero-order valence-electron chi connectivity index (χ0n) is 16.3. The maximum absolute atomic E-state index is 12.5. The van der Waals surface area contributed by atoms with E-state index >= 15 is 0 Å².